The van der Waals surface area contributed by atoms with Crippen LogP contribution in [0.3, 0.4) is 0 Å². The van der Waals surface area contributed by atoms with Crippen molar-refractivity contribution < 1.29 is 22.7 Å². The first-order valence-corrected chi connectivity index (χ1v) is 13.1. The van der Waals surface area contributed by atoms with Gasteiger partial charge in [0, 0.05) is 43.7 Å². The second-order valence-electron chi connectivity index (χ2n) is 9.21. The van der Waals surface area contributed by atoms with Gasteiger partial charge in [0.25, 0.3) is 5.91 Å². The van der Waals surface area contributed by atoms with Crippen molar-refractivity contribution in [2.75, 3.05) is 26.6 Å². The molecule has 5 rings (SSSR count). The number of ether oxygens (including phenoxy) is 2. The van der Waals surface area contributed by atoms with Gasteiger partial charge < -0.3 is 14.4 Å². The van der Waals surface area contributed by atoms with E-state index < -0.39 is 9.84 Å². The summed E-state index contributed by atoms with van der Waals surface area (Å²) in [7, 11) is -1.94. The summed E-state index contributed by atoms with van der Waals surface area (Å²) in [5.41, 5.74) is 4.98. The first-order valence-electron chi connectivity index (χ1n) is 11.3. The summed E-state index contributed by atoms with van der Waals surface area (Å²) in [5.74, 6) is 1.13. The van der Waals surface area contributed by atoms with Gasteiger partial charge in [0.05, 0.1) is 12.0 Å². The lowest BCUT2D eigenvalue weighted by molar-refractivity contribution is 0.0749. The summed E-state index contributed by atoms with van der Waals surface area (Å²) in [6, 6.07) is 9.67. The fourth-order valence-electron chi connectivity index (χ4n) is 4.97. The number of amides is 1. The molecule has 1 aliphatic carbocycles. The molecule has 170 valence electrons. The van der Waals surface area contributed by atoms with E-state index in [1.54, 1.807) is 12.1 Å². The molecule has 32 heavy (non-hydrogen) atoms. The van der Waals surface area contributed by atoms with Gasteiger partial charge in [-0.25, -0.2) is 8.42 Å². The second kappa shape index (κ2) is 8.19. The normalized spacial score (nSPS) is 19.1. The molecule has 2 heterocycles. The maximum Gasteiger partial charge on any atom is 0.254 e. The first kappa shape index (κ1) is 21.5. The molecule has 7 heteroatoms. The van der Waals surface area contributed by atoms with Crippen LogP contribution in [-0.2, 0) is 27.7 Å². The van der Waals surface area contributed by atoms with E-state index in [1.807, 2.05) is 4.90 Å². The summed E-state index contributed by atoms with van der Waals surface area (Å²) in [4.78, 5) is 15.6. The quantitative estimate of drug-likeness (QED) is 0.681. The molecule has 2 aliphatic heterocycles. The van der Waals surface area contributed by atoms with Crippen LogP contribution in [0.1, 0.15) is 70.1 Å². The first-order chi connectivity index (χ1) is 15.3. The van der Waals surface area contributed by atoms with E-state index in [0.29, 0.717) is 30.3 Å². The fraction of sp³-hybridized carbons (Fsp3) is 0.480. The number of fused-ring (bicyclic) bond motifs is 1. The van der Waals surface area contributed by atoms with E-state index in [4.69, 9.17) is 9.47 Å². The van der Waals surface area contributed by atoms with Gasteiger partial charge in [-0.05, 0) is 66.3 Å². The SMILES string of the molecule is COc1cc(S(C)(=O)=O)cc(C(=O)N2Cc3ccc(C4CCOCC4)cc3C2)c1C1CC1. The van der Waals surface area contributed by atoms with Crippen LogP contribution >= 0.6 is 0 Å². The maximum atomic E-state index is 13.7. The Morgan fingerprint density at radius 3 is 2.38 bits per heavy atom. The van der Waals surface area contributed by atoms with Crippen LogP contribution in [0.2, 0.25) is 0 Å². The molecule has 0 unspecified atom stereocenters. The van der Waals surface area contributed by atoms with Crippen LogP contribution < -0.4 is 4.74 Å². The third kappa shape index (κ3) is 4.04. The van der Waals surface area contributed by atoms with Crippen molar-refractivity contribution in [2.24, 2.45) is 0 Å². The van der Waals surface area contributed by atoms with Crippen molar-refractivity contribution in [2.45, 2.75) is 55.5 Å². The van der Waals surface area contributed by atoms with Crippen LogP contribution in [-0.4, -0.2) is 45.8 Å². The monoisotopic (exact) mass is 455 g/mol. The van der Waals surface area contributed by atoms with Gasteiger partial charge in [-0.2, -0.15) is 0 Å². The summed E-state index contributed by atoms with van der Waals surface area (Å²) in [5, 5.41) is 0. The predicted molar refractivity (Wildman–Crippen MR) is 121 cm³/mol. The largest absolute Gasteiger partial charge is 0.496 e. The third-order valence-corrected chi connectivity index (χ3v) is 8.00. The Morgan fingerprint density at radius 2 is 1.72 bits per heavy atom. The van der Waals surface area contributed by atoms with Gasteiger partial charge in [0.1, 0.15) is 5.75 Å². The van der Waals surface area contributed by atoms with E-state index in [9.17, 15) is 13.2 Å². The Morgan fingerprint density at radius 1 is 1.00 bits per heavy atom. The number of rotatable bonds is 5. The average Bonchev–Trinajstić information content (AvgIpc) is 3.55. The van der Waals surface area contributed by atoms with E-state index in [0.717, 1.165) is 56.3 Å². The summed E-state index contributed by atoms with van der Waals surface area (Å²) in [6.45, 7) is 2.68. The number of hydrogen-bond acceptors (Lipinski definition) is 5. The lowest BCUT2D eigenvalue weighted by atomic mass is 9.90. The number of methoxy groups -OCH3 is 1. The average molecular weight is 456 g/mol. The number of carbonyl (C=O) groups excluding carboxylic acids is 1. The van der Waals surface area contributed by atoms with Gasteiger partial charge in [0.15, 0.2) is 9.84 Å². The van der Waals surface area contributed by atoms with Crippen molar-refractivity contribution in [3.8, 4) is 5.75 Å². The number of sulfone groups is 1. The Labute approximate surface area is 189 Å². The minimum Gasteiger partial charge on any atom is -0.496 e. The van der Waals surface area contributed by atoms with Crippen LogP contribution in [0.5, 0.6) is 5.75 Å². The Hall–Kier alpha value is -2.38. The Balaban J connectivity index is 1.46. The van der Waals surface area contributed by atoms with Crippen LogP contribution in [0.15, 0.2) is 35.2 Å². The molecule has 0 spiro atoms. The van der Waals surface area contributed by atoms with E-state index in [1.165, 1.54) is 18.2 Å². The molecule has 0 radical (unpaired) electrons. The van der Waals surface area contributed by atoms with Gasteiger partial charge >= 0.3 is 0 Å². The number of hydrogen-bond donors (Lipinski definition) is 0. The molecule has 2 fully saturated rings. The second-order valence-corrected chi connectivity index (χ2v) is 11.2. The summed E-state index contributed by atoms with van der Waals surface area (Å²) < 4.78 is 35.6. The molecule has 2 aromatic rings. The summed E-state index contributed by atoms with van der Waals surface area (Å²) in [6.07, 6.45) is 5.21. The molecular formula is C25H29NO5S. The third-order valence-electron chi connectivity index (χ3n) is 6.91. The highest BCUT2D eigenvalue weighted by atomic mass is 32.2. The molecule has 0 aromatic heterocycles. The van der Waals surface area contributed by atoms with Crippen molar-refractivity contribution in [1.82, 2.24) is 4.90 Å². The zero-order valence-electron chi connectivity index (χ0n) is 18.6. The smallest absolute Gasteiger partial charge is 0.254 e. The Bertz CT molecular complexity index is 1160. The molecule has 2 aromatic carbocycles. The van der Waals surface area contributed by atoms with Crippen molar-refractivity contribution in [1.29, 1.82) is 0 Å². The predicted octanol–water partition coefficient (Wildman–Crippen LogP) is 4.03. The standard InChI is InChI=1S/C25H29NO5S/c1-30-23-13-21(32(2,28)29)12-22(24(23)17-3-4-17)25(27)26-14-19-6-5-18(11-20(19)15-26)16-7-9-31-10-8-16/h5-6,11-13,16-17H,3-4,7-10,14-15H2,1-2H3. The zero-order valence-corrected chi connectivity index (χ0v) is 19.4. The van der Waals surface area contributed by atoms with Gasteiger partial charge in [0.2, 0.25) is 0 Å². The van der Waals surface area contributed by atoms with E-state index in [-0.39, 0.29) is 16.7 Å². The lowest BCUT2D eigenvalue weighted by Crippen LogP contribution is -2.26. The molecule has 0 bridgehead atoms. The zero-order chi connectivity index (χ0) is 22.5. The Kier molecular flexibility index (Phi) is 5.50. The molecule has 6 nitrogen and oxygen atoms in total. The fourth-order valence-corrected chi connectivity index (χ4v) is 5.62. The van der Waals surface area contributed by atoms with E-state index >= 15 is 0 Å². The van der Waals surface area contributed by atoms with Crippen LogP contribution in [0.25, 0.3) is 0 Å². The number of carbonyl (C=O) groups is 1. The highest BCUT2D eigenvalue weighted by Crippen LogP contribution is 2.47. The van der Waals surface area contributed by atoms with Gasteiger partial charge in [-0.3, -0.25) is 4.79 Å². The van der Waals surface area contributed by atoms with Crippen molar-refractivity contribution in [3.05, 3.63) is 58.1 Å². The molecule has 0 atom stereocenters. The molecule has 0 N–H and O–H groups in total. The number of nitrogens with zero attached hydrogens (tertiary/aromatic N) is 1. The van der Waals surface area contributed by atoms with Crippen LogP contribution in [0, 0.1) is 0 Å². The highest BCUT2D eigenvalue weighted by molar-refractivity contribution is 7.90. The lowest BCUT2D eigenvalue weighted by Gasteiger charge is -2.22. The molecule has 1 amide bonds. The molecule has 3 aliphatic rings. The minimum atomic E-state index is -3.47. The topological polar surface area (TPSA) is 72.9 Å². The molecule has 1 saturated heterocycles. The molecular weight excluding hydrogens is 426 g/mol. The van der Waals surface area contributed by atoms with Crippen LogP contribution in [0.4, 0.5) is 0 Å². The van der Waals surface area contributed by atoms with Gasteiger partial charge in [-0.1, -0.05) is 18.2 Å². The minimum absolute atomic E-state index is 0.125. The highest BCUT2D eigenvalue weighted by Gasteiger charge is 2.35. The molecule has 1 saturated carbocycles. The van der Waals surface area contributed by atoms with Crippen molar-refractivity contribution >= 4 is 15.7 Å². The number of benzene rings is 2. The van der Waals surface area contributed by atoms with Crippen molar-refractivity contribution in [3.63, 3.8) is 0 Å². The summed E-state index contributed by atoms with van der Waals surface area (Å²) >= 11 is 0. The van der Waals surface area contributed by atoms with E-state index in [2.05, 4.69) is 18.2 Å². The van der Waals surface area contributed by atoms with Gasteiger partial charge in [-0.15, -0.1) is 0 Å². The maximum absolute atomic E-state index is 13.7.